The average molecular weight is 1050 g/mol. The lowest BCUT2D eigenvalue weighted by atomic mass is 10.0. The Morgan fingerprint density at radius 3 is 0.961 bits per heavy atom. The van der Waals surface area contributed by atoms with Crippen LogP contribution in [0.5, 0.6) is 0 Å². The summed E-state index contributed by atoms with van der Waals surface area (Å²) in [5, 5.41) is 10.4. The third kappa shape index (κ3) is 8.44. The first-order valence-corrected chi connectivity index (χ1v) is 26.9. The van der Waals surface area contributed by atoms with Crippen molar-refractivity contribution in [2.24, 2.45) is 0 Å². The number of hydrogen-bond acceptors (Lipinski definition) is 0. The molecule has 77 heavy (non-hydrogen) atoms. The monoisotopic (exact) mass is 1050 g/mol. The van der Waals surface area contributed by atoms with Crippen molar-refractivity contribution >= 4 is 103 Å². The van der Waals surface area contributed by atoms with Crippen molar-refractivity contribution in [2.45, 2.75) is 0 Å². The molecular formula is C72H49BrN4. The van der Waals surface area contributed by atoms with Crippen LogP contribution in [0.2, 0.25) is 0 Å². The molecular weight excluding hydrogens is 1000 g/mol. The molecule has 16 rings (SSSR count). The summed E-state index contributed by atoms with van der Waals surface area (Å²) in [5.41, 5.74) is 20.7. The Labute approximate surface area is 453 Å². The van der Waals surface area contributed by atoms with Crippen LogP contribution in [-0.2, 0) is 0 Å². The van der Waals surface area contributed by atoms with Crippen LogP contribution in [0.4, 0.5) is 0 Å². The van der Waals surface area contributed by atoms with Gasteiger partial charge in [-0.3, -0.25) is 0 Å². The molecule has 0 fully saturated rings. The lowest BCUT2D eigenvalue weighted by Gasteiger charge is -2.10. The van der Waals surface area contributed by atoms with E-state index in [1.165, 1.54) is 137 Å². The predicted molar refractivity (Wildman–Crippen MR) is 331 cm³/mol. The van der Waals surface area contributed by atoms with Crippen LogP contribution >= 0.6 is 15.9 Å². The van der Waals surface area contributed by atoms with Gasteiger partial charge in [0.25, 0.3) is 0 Å². The van der Waals surface area contributed by atoms with E-state index in [4.69, 9.17) is 0 Å². The number of para-hydroxylation sites is 4. The molecule has 0 radical (unpaired) electrons. The van der Waals surface area contributed by atoms with E-state index in [1.54, 1.807) is 0 Å². The van der Waals surface area contributed by atoms with Crippen LogP contribution in [0.15, 0.2) is 284 Å². The Balaban J connectivity index is 0.000000116. The van der Waals surface area contributed by atoms with Gasteiger partial charge in [-0.25, -0.2) is 0 Å². The van der Waals surface area contributed by atoms with Gasteiger partial charge < -0.3 is 19.5 Å². The number of nitrogens with one attached hydrogen (secondary N) is 3. The predicted octanol–water partition coefficient (Wildman–Crippen LogP) is 20.5. The van der Waals surface area contributed by atoms with Crippen molar-refractivity contribution in [3.63, 3.8) is 0 Å². The quantitative estimate of drug-likeness (QED) is 0.154. The average Bonchev–Trinajstić information content (AvgIpc) is 4.44. The topological polar surface area (TPSA) is 52.3 Å². The lowest BCUT2D eigenvalue weighted by molar-refractivity contribution is 1.18. The second kappa shape index (κ2) is 19.5. The van der Waals surface area contributed by atoms with Crippen LogP contribution in [0.3, 0.4) is 0 Å². The van der Waals surface area contributed by atoms with Crippen molar-refractivity contribution in [3.8, 4) is 50.2 Å². The zero-order valence-electron chi connectivity index (χ0n) is 41.9. The fraction of sp³-hybridized carbons (Fsp3) is 0. The van der Waals surface area contributed by atoms with Crippen LogP contribution in [0, 0.1) is 0 Å². The molecule has 12 aromatic carbocycles. The minimum absolute atomic E-state index is 1.11. The molecule has 0 aliphatic carbocycles. The zero-order chi connectivity index (χ0) is 51.2. The van der Waals surface area contributed by atoms with E-state index >= 15 is 0 Å². The number of aromatic amines is 3. The summed E-state index contributed by atoms with van der Waals surface area (Å²) in [6.45, 7) is 0. The summed E-state index contributed by atoms with van der Waals surface area (Å²) in [5.74, 6) is 0. The summed E-state index contributed by atoms with van der Waals surface area (Å²) < 4.78 is 3.51. The number of rotatable bonds is 5. The number of aromatic nitrogens is 4. The molecule has 4 aromatic heterocycles. The Bertz CT molecular complexity index is 4670. The van der Waals surface area contributed by atoms with E-state index in [9.17, 15) is 0 Å². The first kappa shape index (κ1) is 45.9. The third-order valence-electron chi connectivity index (χ3n) is 15.1. The first-order chi connectivity index (χ1) is 38.1. The lowest BCUT2D eigenvalue weighted by Crippen LogP contribution is -1.93. The summed E-state index contributed by atoms with van der Waals surface area (Å²) in [6, 6.07) is 99.0. The van der Waals surface area contributed by atoms with E-state index in [1.807, 2.05) is 6.07 Å². The Morgan fingerprint density at radius 1 is 0.221 bits per heavy atom. The summed E-state index contributed by atoms with van der Waals surface area (Å²) in [7, 11) is 0. The van der Waals surface area contributed by atoms with E-state index < -0.39 is 0 Å². The van der Waals surface area contributed by atoms with E-state index in [2.05, 4.69) is 308 Å². The SMILES string of the molecule is Brc1ccc(-c2ccc(-c3ccccc3)cc2)cc1.c1ccc(-c2ccc(-c3ccc(-n4c5ccccc5c5c6c(ccc54)[nH]c4ccccc46)cc3)cc2)cc1.c1ccc2c(c1)[nH]c1ccc3[nH]c4ccccc4c3c12. The van der Waals surface area contributed by atoms with Gasteiger partial charge in [0.1, 0.15) is 0 Å². The van der Waals surface area contributed by atoms with Crippen molar-refractivity contribution in [2.75, 3.05) is 0 Å². The highest BCUT2D eigenvalue weighted by atomic mass is 79.9. The van der Waals surface area contributed by atoms with Crippen LogP contribution in [0.25, 0.3) is 137 Å². The van der Waals surface area contributed by atoms with Crippen LogP contribution in [0.1, 0.15) is 0 Å². The van der Waals surface area contributed by atoms with E-state index in [0.717, 1.165) is 4.47 Å². The first-order valence-electron chi connectivity index (χ1n) is 26.1. The smallest absolute Gasteiger partial charge is 0.0548 e. The zero-order valence-corrected chi connectivity index (χ0v) is 43.5. The van der Waals surface area contributed by atoms with E-state index in [-0.39, 0.29) is 0 Å². The molecule has 0 aliphatic heterocycles. The minimum atomic E-state index is 1.11. The molecule has 0 saturated carbocycles. The fourth-order valence-corrected chi connectivity index (χ4v) is 11.6. The molecule has 3 N–H and O–H groups in total. The van der Waals surface area contributed by atoms with Gasteiger partial charge in [0.15, 0.2) is 0 Å². The van der Waals surface area contributed by atoms with Crippen LogP contribution < -0.4 is 0 Å². The Morgan fingerprint density at radius 2 is 0.532 bits per heavy atom. The molecule has 0 spiro atoms. The van der Waals surface area contributed by atoms with Gasteiger partial charge in [-0.2, -0.15) is 0 Å². The number of hydrogen-bond donors (Lipinski definition) is 3. The highest BCUT2D eigenvalue weighted by Gasteiger charge is 2.18. The summed E-state index contributed by atoms with van der Waals surface area (Å²) in [4.78, 5) is 10.6. The molecule has 364 valence electrons. The maximum Gasteiger partial charge on any atom is 0.0548 e. The molecule has 0 unspecified atom stereocenters. The molecule has 4 heterocycles. The Kier molecular flexibility index (Phi) is 11.7. The van der Waals surface area contributed by atoms with Gasteiger partial charge in [0.05, 0.1) is 11.0 Å². The normalized spacial score (nSPS) is 11.4. The van der Waals surface area contributed by atoms with Gasteiger partial charge in [-0.1, -0.05) is 222 Å². The minimum Gasteiger partial charge on any atom is -0.354 e. The highest BCUT2D eigenvalue weighted by molar-refractivity contribution is 9.10. The number of benzene rings is 12. The van der Waals surface area contributed by atoms with Gasteiger partial charge in [-0.15, -0.1) is 0 Å². The van der Waals surface area contributed by atoms with Gasteiger partial charge >= 0.3 is 0 Å². The van der Waals surface area contributed by atoms with Crippen molar-refractivity contribution < 1.29 is 0 Å². The van der Waals surface area contributed by atoms with Gasteiger partial charge in [0, 0.05) is 86.4 Å². The molecule has 0 amide bonds. The fourth-order valence-electron chi connectivity index (χ4n) is 11.4. The second-order valence-corrected chi connectivity index (χ2v) is 20.5. The Hall–Kier alpha value is -9.68. The van der Waals surface area contributed by atoms with Crippen molar-refractivity contribution in [1.82, 2.24) is 19.5 Å². The molecule has 16 aromatic rings. The van der Waals surface area contributed by atoms with Gasteiger partial charge in [-0.05, 0) is 117 Å². The van der Waals surface area contributed by atoms with Crippen molar-refractivity contribution in [1.29, 1.82) is 0 Å². The number of fused-ring (bicyclic) bond motifs is 14. The standard InChI is InChI=1S/C36H24N2.C18H13Br.C18H12N2/c1-2-8-24(9-3-1)25-14-16-26(17-15-25)27-18-20-28(21-19-27)38-33-13-7-5-11-30(33)36-34(38)23-22-32-35(36)29-10-4-6-12-31(29)37-32;19-18-12-10-17(11-13-18)16-8-6-15(7-9-16)14-4-2-1-3-5-14;1-3-7-13-11(5-1)17-15(19-13)9-10-16-18(17)12-6-2-4-8-14(12)20-16/h1-23,37H;1-13H;1-10,19-20H. The van der Waals surface area contributed by atoms with Crippen LogP contribution in [-0.4, -0.2) is 19.5 Å². The number of halogens is 1. The molecule has 0 saturated heterocycles. The largest absolute Gasteiger partial charge is 0.354 e. The molecule has 0 bridgehead atoms. The van der Waals surface area contributed by atoms with Crippen molar-refractivity contribution in [3.05, 3.63) is 284 Å². The van der Waals surface area contributed by atoms with Gasteiger partial charge in [0.2, 0.25) is 0 Å². The maximum absolute atomic E-state index is 3.61. The molecule has 0 atom stereocenters. The molecule has 5 heteroatoms. The molecule has 0 aliphatic rings. The molecule has 4 nitrogen and oxygen atoms in total. The third-order valence-corrected chi connectivity index (χ3v) is 15.6. The second-order valence-electron chi connectivity index (χ2n) is 19.6. The number of H-pyrrole nitrogens is 3. The summed E-state index contributed by atoms with van der Waals surface area (Å²) >= 11 is 3.46. The maximum atomic E-state index is 3.61. The summed E-state index contributed by atoms with van der Waals surface area (Å²) in [6.07, 6.45) is 0. The highest BCUT2D eigenvalue weighted by Crippen LogP contribution is 2.41. The van der Waals surface area contributed by atoms with E-state index in [0.29, 0.717) is 0 Å². The number of nitrogens with zero attached hydrogens (tertiary/aromatic N) is 1.